The van der Waals surface area contributed by atoms with Gasteiger partial charge in [-0.15, -0.1) is 11.8 Å². The standard InChI is InChI=1S/C17H12F4N2O3S/c1-24-13-6-9(2-4-12(13)25-17(20)21)16-22-15(26-23-16)8-27-14-5-3-10(18)7-11(14)19/h2-7,17H,8H2,1H3. The zero-order valence-corrected chi connectivity index (χ0v) is 14.6. The first-order chi connectivity index (χ1) is 13.0. The van der Waals surface area contributed by atoms with Crippen LogP contribution in [0.5, 0.6) is 11.5 Å². The first-order valence-corrected chi connectivity index (χ1v) is 8.48. The van der Waals surface area contributed by atoms with E-state index >= 15 is 0 Å². The van der Waals surface area contributed by atoms with E-state index in [0.717, 1.165) is 23.9 Å². The van der Waals surface area contributed by atoms with Gasteiger partial charge in [0.1, 0.15) is 11.6 Å². The predicted molar refractivity (Wildman–Crippen MR) is 88.8 cm³/mol. The van der Waals surface area contributed by atoms with Gasteiger partial charge in [0.05, 0.1) is 12.9 Å². The van der Waals surface area contributed by atoms with E-state index in [2.05, 4.69) is 14.9 Å². The molecule has 0 radical (unpaired) electrons. The maximum atomic E-state index is 13.6. The Labute approximate surface area is 155 Å². The van der Waals surface area contributed by atoms with Crippen molar-refractivity contribution in [2.75, 3.05) is 7.11 Å². The van der Waals surface area contributed by atoms with E-state index in [9.17, 15) is 17.6 Å². The summed E-state index contributed by atoms with van der Waals surface area (Å²) in [5.41, 5.74) is 0.460. The number of hydrogen-bond donors (Lipinski definition) is 0. The summed E-state index contributed by atoms with van der Waals surface area (Å²) in [5.74, 6) is -0.801. The van der Waals surface area contributed by atoms with E-state index in [-0.39, 0.29) is 33.9 Å². The first-order valence-electron chi connectivity index (χ1n) is 7.50. The first kappa shape index (κ1) is 19.0. The van der Waals surface area contributed by atoms with Gasteiger partial charge in [0, 0.05) is 16.5 Å². The molecule has 1 heterocycles. The Morgan fingerprint density at radius 2 is 1.93 bits per heavy atom. The molecule has 27 heavy (non-hydrogen) atoms. The molecular weight excluding hydrogens is 388 g/mol. The monoisotopic (exact) mass is 400 g/mol. The van der Waals surface area contributed by atoms with E-state index in [1.165, 1.54) is 31.4 Å². The normalized spacial score (nSPS) is 11.0. The molecule has 142 valence electrons. The van der Waals surface area contributed by atoms with Crippen LogP contribution in [0.2, 0.25) is 0 Å². The van der Waals surface area contributed by atoms with Crippen LogP contribution >= 0.6 is 11.8 Å². The van der Waals surface area contributed by atoms with Crippen molar-refractivity contribution < 1.29 is 31.6 Å². The summed E-state index contributed by atoms with van der Waals surface area (Å²) in [6, 6.07) is 7.47. The highest BCUT2D eigenvalue weighted by atomic mass is 32.2. The smallest absolute Gasteiger partial charge is 0.387 e. The summed E-state index contributed by atoms with van der Waals surface area (Å²) in [7, 11) is 1.31. The maximum absolute atomic E-state index is 13.6. The van der Waals surface area contributed by atoms with Crippen LogP contribution in [0.15, 0.2) is 45.8 Å². The molecule has 2 aromatic carbocycles. The average Bonchev–Trinajstić information content (AvgIpc) is 3.10. The van der Waals surface area contributed by atoms with Crippen molar-refractivity contribution in [1.82, 2.24) is 10.1 Å². The number of nitrogens with zero attached hydrogens (tertiary/aromatic N) is 2. The number of halogens is 4. The second kappa shape index (κ2) is 8.30. The molecule has 0 spiro atoms. The molecule has 0 fully saturated rings. The van der Waals surface area contributed by atoms with Crippen molar-refractivity contribution in [3.8, 4) is 22.9 Å². The molecule has 0 saturated carbocycles. The summed E-state index contributed by atoms with van der Waals surface area (Å²) in [6.07, 6.45) is 0. The lowest BCUT2D eigenvalue weighted by Crippen LogP contribution is -2.03. The highest BCUT2D eigenvalue weighted by molar-refractivity contribution is 7.98. The number of rotatable bonds is 7. The minimum absolute atomic E-state index is 0.0851. The summed E-state index contributed by atoms with van der Waals surface area (Å²) in [5, 5.41) is 3.80. The fourth-order valence-electron chi connectivity index (χ4n) is 2.16. The molecule has 0 aliphatic rings. The summed E-state index contributed by atoms with van der Waals surface area (Å²) >= 11 is 1.07. The minimum Gasteiger partial charge on any atom is -0.493 e. The van der Waals surface area contributed by atoms with Crippen LogP contribution in [0.1, 0.15) is 5.89 Å². The molecule has 0 atom stereocenters. The highest BCUT2D eigenvalue weighted by Gasteiger charge is 2.15. The summed E-state index contributed by atoms with van der Waals surface area (Å²) < 4.78 is 65.8. The number of thioether (sulfide) groups is 1. The molecule has 0 aliphatic carbocycles. The van der Waals surface area contributed by atoms with Crippen molar-refractivity contribution >= 4 is 11.8 Å². The fraction of sp³-hybridized carbons (Fsp3) is 0.176. The van der Waals surface area contributed by atoms with Crippen LogP contribution in [-0.2, 0) is 5.75 Å². The Balaban J connectivity index is 1.73. The molecule has 5 nitrogen and oxygen atoms in total. The van der Waals surface area contributed by atoms with Crippen molar-refractivity contribution in [2.24, 2.45) is 0 Å². The van der Waals surface area contributed by atoms with Crippen LogP contribution < -0.4 is 9.47 Å². The van der Waals surface area contributed by atoms with Crippen LogP contribution in [0.25, 0.3) is 11.4 Å². The topological polar surface area (TPSA) is 57.4 Å². The van der Waals surface area contributed by atoms with Gasteiger partial charge in [0.15, 0.2) is 11.5 Å². The van der Waals surface area contributed by atoms with Crippen LogP contribution in [-0.4, -0.2) is 23.9 Å². The van der Waals surface area contributed by atoms with Crippen LogP contribution in [0.3, 0.4) is 0 Å². The molecule has 0 saturated heterocycles. The Morgan fingerprint density at radius 1 is 1.11 bits per heavy atom. The minimum atomic E-state index is -2.98. The van der Waals surface area contributed by atoms with Crippen LogP contribution in [0, 0.1) is 11.6 Å². The van der Waals surface area contributed by atoms with Crippen molar-refractivity contribution in [3.05, 3.63) is 53.9 Å². The van der Waals surface area contributed by atoms with Gasteiger partial charge in [-0.1, -0.05) is 5.16 Å². The average molecular weight is 400 g/mol. The van der Waals surface area contributed by atoms with Crippen molar-refractivity contribution in [3.63, 3.8) is 0 Å². The third-order valence-electron chi connectivity index (χ3n) is 3.35. The molecule has 0 aliphatic heterocycles. The molecule has 0 bridgehead atoms. The zero-order valence-electron chi connectivity index (χ0n) is 13.8. The van der Waals surface area contributed by atoms with Gasteiger partial charge in [-0.3, -0.25) is 0 Å². The molecule has 0 N–H and O–H groups in total. The third-order valence-corrected chi connectivity index (χ3v) is 4.38. The third kappa shape index (κ3) is 4.70. The van der Waals surface area contributed by atoms with Crippen molar-refractivity contribution in [2.45, 2.75) is 17.3 Å². The number of methoxy groups -OCH3 is 1. The fourth-order valence-corrected chi connectivity index (χ4v) is 2.92. The Bertz CT molecular complexity index is 936. The quantitative estimate of drug-likeness (QED) is 0.415. The lowest BCUT2D eigenvalue weighted by atomic mass is 10.2. The van der Waals surface area contributed by atoms with Gasteiger partial charge >= 0.3 is 6.61 Å². The van der Waals surface area contributed by atoms with E-state index in [0.29, 0.717) is 5.56 Å². The van der Waals surface area contributed by atoms with Gasteiger partial charge < -0.3 is 14.0 Å². The Hall–Kier alpha value is -2.75. The molecule has 3 aromatic rings. The van der Waals surface area contributed by atoms with Gasteiger partial charge in [0.2, 0.25) is 11.7 Å². The number of aromatic nitrogens is 2. The number of hydrogen-bond acceptors (Lipinski definition) is 6. The number of benzene rings is 2. The molecule has 10 heteroatoms. The van der Waals surface area contributed by atoms with Gasteiger partial charge in [-0.25, -0.2) is 8.78 Å². The predicted octanol–water partition coefficient (Wildman–Crippen LogP) is 4.92. The zero-order chi connectivity index (χ0) is 19.4. The summed E-state index contributed by atoms with van der Waals surface area (Å²) in [4.78, 5) is 4.41. The Morgan fingerprint density at radius 3 is 2.63 bits per heavy atom. The van der Waals surface area contributed by atoms with Gasteiger partial charge in [-0.05, 0) is 30.3 Å². The lowest BCUT2D eigenvalue weighted by molar-refractivity contribution is -0.0512. The van der Waals surface area contributed by atoms with E-state index in [4.69, 9.17) is 9.26 Å². The van der Waals surface area contributed by atoms with Gasteiger partial charge in [-0.2, -0.15) is 13.8 Å². The van der Waals surface area contributed by atoms with Crippen LogP contribution in [0.4, 0.5) is 17.6 Å². The lowest BCUT2D eigenvalue weighted by Gasteiger charge is -2.10. The number of alkyl halides is 2. The second-order valence-corrected chi connectivity index (χ2v) is 6.14. The largest absolute Gasteiger partial charge is 0.493 e. The molecule has 1 aromatic heterocycles. The second-order valence-electron chi connectivity index (χ2n) is 5.12. The Kier molecular flexibility index (Phi) is 5.84. The molecule has 0 unspecified atom stereocenters. The van der Waals surface area contributed by atoms with E-state index in [1.807, 2.05) is 0 Å². The summed E-state index contributed by atoms with van der Waals surface area (Å²) in [6.45, 7) is -2.98. The number of ether oxygens (including phenoxy) is 2. The highest BCUT2D eigenvalue weighted by Crippen LogP contribution is 2.33. The molecule has 0 amide bonds. The van der Waals surface area contributed by atoms with E-state index < -0.39 is 18.2 Å². The molecular formula is C17H12F4N2O3S. The van der Waals surface area contributed by atoms with Crippen molar-refractivity contribution in [1.29, 1.82) is 0 Å². The molecule has 3 rings (SSSR count). The van der Waals surface area contributed by atoms with E-state index in [1.54, 1.807) is 0 Å². The SMILES string of the molecule is COc1cc(-c2noc(CSc3ccc(F)cc3F)n2)ccc1OC(F)F. The van der Waals surface area contributed by atoms with Gasteiger partial charge in [0.25, 0.3) is 0 Å². The maximum Gasteiger partial charge on any atom is 0.387 e.